The maximum atomic E-state index is 12.6. The van der Waals surface area contributed by atoms with Gasteiger partial charge < -0.3 is 15.2 Å². The molecule has 0 heterocycles. The smallest absolute Gasteiger partial charge is 0.197 e. The highest BCUT2D eigenvalue weighted by Crippen LogP contribution is 2.34. The van der Waals surface area contributed by atoms with Crippen LogP contribution in [0.3, 0.4) is 0 Å². The molecular formula is C15H14BrNO3. The first-order valence-electron chi connectivity index (χ1n) is 5.88. The fourth-order valence-electron chi connectivity index (χ4n) is 1.84. The van der Waals surface area contributed by atoms with Crippen molar-refractivity contribution in [1.82, 2.24) is 0 Å². The predicted molar refractivity (Wildman–Crippen MR) is 81.5 cm³/mol. The number of rotatable bonds is 4. The maximum Gasteiger partial charge on any atom is 0.197 e. The molecule has 4 nitrogen and oxygen atoms in total. The molecule has 0 bridgehead atoms. The minimum atomic E-state index is -0.142. The Kier molecular flexibility index (Phi) is 4.29. The van der Waals surface area contributed by atoms with E-state index in [0.29, 0.717) is 32.8 Å². The lowest BCUT2D eigenvalue weighted by molar-refractivity contribution is 0.103. The van der Waals surface area contributed by atoms with Crippen molar-refractivity contribution >= 4 is 27.4 Å². The van der Waals surface area contributed by atoms with Gasteiger partial charge in [-0.3, -0.25) is 4.79 Å². The third kappa shape index (κ3) is 2.77. The normalized spacial score (nSPS) is 10.2. The Labute approximate surface area is 125 Å². The number of anilines is 1. The fourth-order valence-corrected chi connectivity index (χ4v) is 2.44. The lowest BCUT2D eigenvalue weighted by Crippen LogP contribution is -2.06. The number of methoxy groups -OCH3 is 2. The van der Waals surface area contributed by atoms with Crippen LogP contribution in [0.2, 0.25) is 0 Å². The van der Waals surface area contributed by atoms with Crippen LogP contribution < -0.4 is 15.2 Å². The van der Waals surface area contributed by atoms with Gasteiger partial charge in [-0.2, -0.15) is 0 Å². The molecule has 2 aromatic carbocycles. The Morgan fingerprint density at radius 1 is 1.10 bits per heavy atom. The monoisotopic (exact) mass is 335 g/mol. The number of nitrogen functional groups attached to an aromatic ring is 1. The van der Waals surface area contributed by atoms with Crippen LogP contribution in [0.5, 0.6) is 11.5 Å². The molecule has 0 saturated heterocycles. The summed E-state index contributed by atoms with van der Waals surface area (Å²) in [5.41, 5.74) is 7.24. The molecule has 0 atom stereocenters. The summed E-state index contributed by atoms with van der Waals surface area (Å²) in [6.07, 6.45) is 0. The van der Waals surface area contributed by atoms with Gasteiger partial charge in [0.2, 0.25) is 0 Å². The second kappa shape index (κ2) is 5.96. The first kappa shape index (κ1) is 14.4. The molecule has 2 rings (SSSR count). The number of hydrogen-bond donors (Lipinski definition) is 1. The zero-order chi connectivity index (χ0) is 14.7. The van der Waals surface area contributed by atoms with Gasteiger partial charge in [-0.15, -0.1) is 0 Å². The Balaban J connectivity index is 2.51. The predicted octanol–water partition coefficient (Wildman–Crippen LogP) is 3.28. The van der Waals surface area contributed by atoms with Crippen LogP contribution >= 0.6 is 15.9 Å². The van der Waals surface area contributed by atoms with Crippen molar-refractivity contribution in [1.29, 1.82) is 0 Å². The molecule has 0 radical (unpaired) electrons. The van der Waals surface area contributed by atoms with Gasteiger partial charge in [0, 0.05) is 21.8 Å². The number of benzene rings is 2. The molecule has 20 heavy (non-hydrogen) atoms. The summed E-state index contributed by atoms with van der Waals surface area (Å²) < 4.78 is 11.1. The molecule has 5 heteroatoms. The quantitative estimate of drug-likeness (QED) is 0.688. The Morgan fingerprint density at radius 2 is 1.75 bits per heavy atom. The third-order valence-electron chi connectivity index (χ3n) is 2.88. The average Bonchev–Trinajstić information content (AvgIpc) is 2.46. The van der Waals surface area contributed by atoms with Gasteiger partial charge in [-0.25, -0.2) is 0 Å². The average molecular weight is 336 g/mol. The number of halogens is 1. The van der Waals surface area contributed by atoms with Crippen molar-refractivity contribution < 1.29 is 14.3 Å². The molecule has 104 valence electrons. The Hall–Kier alpha value is -2.01. The van der Waals surface area contributed by atoms with E-state index in [4.69, 9.17) is 15.2 Å². The van der Waals surface area contributed by atoms with Gasteiger partial charge in [0.15, 0.2) is 5.78 Å². The highest BCUT2D eigenvalue weighted by Gasteiger charge is 2.19. The van der Waals surface area contributed by atoms with Crippen molar-refractivity contribution in [2.75, 3.05) is 20.0 Å². The van der Waals surface area contributed by atoms with E-state index < -0.39 is 0 Å². The molecule has 0 saturated carbocycles. The molecule has 0 aliphatic heterocycles. The molecule has 0 aromatic heterocycles. The summed E-state index contributed by atoms with van der Waals surface area (Å²) in [6.45, 7) is 0. The van der Waals surface area contributed by atoms with Crippen LogP contribution in [-0.2, 0) is 0 Å². The number of hydrogen-bond acceptors (Lipinski definition) is 4. The van der Waals surface area contributed by atoms with Crippen LogP contribution in [0.1, 0.15) is 15.9 Å². The summed E-state index contributed by atoms with van der Waals surface area (Å²) >= 11 is 3.39. The summed E-state index contributed by atoms with van der Waals surface area (Å²) in [7, 11) is 3.07. The van der Waals surface area contributed by atoms with E-state index in [1.165, 1.54) is 7.11 Å². The van der Waals surface area contributed by atoms with Crippen LogP contribution in [0.4, 0.5) is 5.69 Å². The molecule has 0 aliphatic rings. The summed E-state index contributed by atoms with van der Waals surface area (Å²) in [5.74, 6) is 0.928. The van der Waals surface area contributed by atoms with Crippen molar-refractivity contribution in [3.63, 3.8) is 0 Å². The Bertz CT molecular complexity index is 638. The second-order valence-electron chi connectivity index (χ2n) is 4.14. The molecular weight excluding hydrogens is 322 g/mol. The topological polar surface area (TPSA) is 61.5 Å². The highest BCUT2D eigenvalue weighted by molar-refractivity contribution is 9.10. The van der Waals surface area contributed by atoms with Gasteiger partial charge in [-0.05, 0) is 46.3 Å². The molecule has 2 aromatic rings. The number of carbonyl (C=O) groups is 1. The lowest BCUT2D eigenvalue weighted by Gasteiger charge is -2.12. The first-order valence-corrected chi connectivity index (χ1v) is 6.68. The van der Waals surface area contributed by atoms with E-state index in [-0.39, 0.29) is 5.78 Å². The fraction of sp³-hybridized carbons (Fsp3) is 0.133. The van der Waals surface area contributed by atoms with Crippen LogP contribution in [0, 0.1) is 0 Å². The van der Waals surface area contributed by atoms with Crippen LogP contribution in [-0.4, -0.2) is 20.0 Å². The standard InChI is InChI=1S/C15H14BrNO3/c1-19-11-7-12(16)14(13(8-11)20-2)15(18)9-3-5-10(17)6-4-9/h3-8H,17H2,1-2H3. The Morgan fingerprint density at radius 3 is 2.30 bits per heavy atom. The van der Waals surface area contributed by atoms with E-state index in [9.17, 15) is 4.79 Å². The number of ether oxygens (including phenoxy) is 2. The SMILES string of the molecule is COc1cc(Br)c(C(=O)c2ccc(N)cc2)c(OC)c1. The second-order valence-corrected chi connectivity index (χ2v) is 4.99. The minimum absolute atomic E-state index is 0.142. The summed E-state index contributed by atoms with van der Waals surface area (Å²) in [4.78, 5) is 12.6. The van der Waals surface area contributed by atoms with E-state index in [1.807, 2.05) is 0 Å². The maximum absolute atomic E-state index is 12.6. The van der Waals surface area contributed by atoms with Crippen LogP contribution in [0.25, 0.3) is 0 Å². The zero-order valence-electron chi connectivity index (χ0n) is 11.1. The van der Waals surface area contributed by atoms with Gasteiger partial charge in [0.25, 0.3) is 0 Å². The first-order chi connectivity index (χ1) is 9.56. The highest BCUT2D eigenvalue weighted by atomic mass is 79.9. The number of ketones is 1. The van der Waals surface area contributed by atoms with E-state index in [2.05, 4.69) is 15.9 Å². The molecule has 0 aliphatic carbocycles. The van der Waals surface area contributed by atoms with Crippen molar-refractivity contribution in [2.24, 2.45) is 0 Å². The lowest BCUT2D eigenvalue weighted by atomic mass is 10.0. The van der Waals surface area contributed by atoms with Crippen molar-refractivity contribution in [3.8, 4) is 11.5 Å². The largest absolute Gasteiger partial charge is 0.497 e. The molecule has 0 spiro atoms. The van der Waals surface area contributed by atoms with Gasteiger partial charge in [0.1, 0.15) is 11.5 Å². The minimum Gasteiger partial charge on any atom is -0.497 e. The number of nitrogens with two attached hydrogens (primary N) is 1. The number of carbonyl (C=O) groups excluding carboxylic acids is 1. The molecule has 0 amide bonds. The molecule has 0 unspecified atom stereocenters. The van der Waals surface area contributed by atoms with Gasteiger partial charge >= 0.3 is 0 Å². The van der Waals surface area contributed by atoms with E-state index >= 15 is 0 Å². The summed E-state index contributed by atoms with van der Waals surface area (Å²) in [6, 6.07) is 10.2. The molecule has 2 N–H and O–H groups in total. The van der Waals surface area contributed by atoms with Crippen molar-refractivity contribution in [2.45, 2.75) is 0 Å². The zero-order valence-corrected chi connectivity index (χ0v) is 12.7. The van der Waals surface area contributed by atoms with Crippen LogP contribution in [0.15, 0.2) is 40.9 Å². The van der Waals surface area contributed by atoms with Crippen molar-refractivity contribution in [3.05, 3.63) is 52.0 Å². The molecule has 0 fully saturated rings. The van der Waals surface area contributed by atoms with E-state index in [0.717, 1.165) is 0 Å². The van der Waals surface area contributed by atoms with E-state index in [1.54, 1.807) is 43.5 Å². The third-order valence-corrected chi connectivity index (χ3v) is 3.51. The van der Waals surface area contributed by atoms with Gasteiger partial charge in [-0.1, -0.05) is 0 Å². The summed E-state index contributed by atoms with van der Waals surface area (Å²) in [5, 5.41) is 0. The van der Waals surface area contributed by atoms with Gasteiger partial charge in [0.05, 0.1) is 19.8 Å².